The molecule has 6 nitrogen and oxygen atoms in total. The molecule has 0 aliphatic carbocycles. The van der Waals surface area contributed by atoms with Crippen molar-refractivity contribution < 1.29 is 13.2 Å². The molecule has 1 heterocycles. The third-order valence-corrected chi connectivity index (χ3v) is 4.90. The van der Waals surface area contributed by atoms with Gasteiger partial charge in [0, 0.05) is 5.56 Å². The Kier molecular flexibility index (Phi) is 5.72. The SMILES string of the molecule is O=C(NNS(=O)(=O)c1ccc(Cl)c(Cl)c1)c1cc(Cl)nc(Cl)c1. The molecule has 1 aromatic heterocycles. The van der Waals surface area contributed by atoms with Crippen LogP contribution in [0.2, 0.25) is 20.4 Å². The second kappa shape index (κ2) is 7.21. The number of hydrogen-bond acceptors (Lipinski definition) is 4. The zero-order valence-electron chi connectivity index (χ0n) is 11.0. The highest BCUT2D eigenvalue weighted by Gasteiger charge is 2.17. The normalized spacial score (nSPS) is 11.3. The Bertz CT molecular complexity index is 854. The first-order valence-electron chi connectivity index (χ1n) is 5.79. The van der Waals surface area contributed by atoms with Crippen LogP contribution in [0.4, 0.5) is 0 Å². The number of aromatic nitrogens is 1. The maximum atomic E-state index is 12.1. The van der Waals surface area contributed by atoms with E-state index in [1.54, 1.807) is 0 Å². The molecule has 0 saturated heterocycles. The van der Waals surface area contributed by atoms with Crippen LogP contribution in [-0.2, 0) is 10.0 Å². The number of nitrogens with one attached hydrogen (secondary N) is 2. The first-order valence-corrected chi connectivity index (χ1v) is 8.79. The number of rotatable bonds is 4. The van der Waals surface area contributed by atoms with E-state index in [9.17, 15) is 13.2 Å². The zero-order valence-corrected chi connectivity index (χ0v) is 14.8. The van der Waals surface area contributed by atoms with Crippen LogP contribution in [0.3, 0.4) is 0 Å². The van der Waals surface area contributed by atoms with Gasteiger partial charge in [-0.2, -0.15) is 0 Å². The monoisotopic (exact) mass is 413 g/mol. The van der Waals surface area contributed by atoms with Crippen molar-refractivity contribution in [1.82, 2.24) is 15.2 Å². The summed E-state index contributed by atoms with van der Waals surface area (Å²) in [5, 5.41) is 0.259. The highest BCUT2D eigenvalue weighted by Crippen LogP contribution is 2.24. The van der Waals surface area contributed by atoms with Gasteiger partial charge in [-0.1, -0.05) is 46.4 Å². The van der Waals surface area contributed by atoms with Gasteiger partial charge in [0.1, 0.15) is 10.3 Å². The van der Waals surface area contributed by atoms with E-state index < -0.39 is 15.9 Å². The number of hydrazine groups is 1. The van der Waals surface area contributed by atoms with Gasteiger partial charge >= 0.3 is 0 Å². The summed E-state index contributed by atoms with van der Waals surface area (Å²) in [5.41, 5.74) is 2.06. The van der Waals surface area contributed by atoms with Crippen LogP contribution in [-0.4, -0.2) is 19.3 Å². The molecule has 23 heavy (non-hydrogen) atoms. The van der Waals surface area contributed by atoms with Crippen molar-refractivity contribution >= 4 is 62.3 Å². The Morgan fingerprint density at radius 2 is 1.57 bits per heavy atom. The molecule has 0 fully saturated rings. The van der Waals surface area contributed by atoms with Crippen LogP contribution in [0.15, 0.2) is 35.2 Å². The number of nitrogens with zero attached hydrogens (tertiary/aromatic N) is 1. The minimum atomic E-state index is -4.03. The number of sulfonamides is 1. The predicted octanol–water partition coefficient (Wildman–Crippen LogP) is 3.32. The van der Waals surface area contributed by atoms with Gasteiger partial charge in [0.05, 0.1) is 14.9 Å². The fourth-order valence-corrected chi connectivity index (χ4v) is 3.17. The molecule has 1 aromatic carbocycles. The maximum absolute atomic E-state index is 12.1. The number of halogens is 4. The van der Waals surface area contributed by atoms with Gasteiger partial charge in [0.15, 0.2) is 0 Å². The van der Waals surface area contributed by atoms with Gasteiger partial charge in [0.25, 0.3) is 15.9 Å². The second-order valence-corrected chi connectivity index (χ2v) is 7.41. The summed E-state index contributed by atoms with van der Waals surface area (Å²) in [5.74, 6) is -0.764. The summed E-state index contributed by atoms with van der Waals surface area (Å²) in [7, 11) is -4.03. The molecule has 0 atom stereocenters. The summed E-state index contributed by atoms with van der Waals surface area (Å²) in [6.07, 6.45) is 0. The van der Waals surface area contributed by atoms with Gasteiger partial charge in [-0.15, -0.1) is 4.83 Å². The van der Waals surface area contributed by atoms with Crippen molar-refractivity contribution in [2.75, 3.05) is 0 Å². The van der Waals surface area contributed by atoms with Crippen molar-refractivity contribution in [3.8, 4) is 0 Å². The van der Waals surface area contributed by atoms with Gasteiger partial charge < -0.3 is 0 Å². The van der Waals surface area contributed by atoms with E-state index in [1.807, 2.05) is 10.3 Å². The van der Waals surface area contributed by atoms with E-state index in [0.717, 1.165) is 6.07 Å². The quantitative estimate of drug-likeness (QED) is 0.593. The molecule has 122 valence electrons. The molecule has 2 aromatic rings. The summed E-state index contributed by atoms with van der Waals surface area (Å²) in [4.78, 5) is 17.3. The van der Waals surface area contributed by atoms with Crippen LogP contribution < -0.4 is 10.3 Å². The maximum Gasteiger partial charge on any atom is 0.266 e. The molecular formula is C12H7Cl4N3O3S. The largest absolute Gasteiger partial charge is 0.273 e. The molecule has 0 unspecified atom stereocenters. The summed E-state index contributed by atoms with van der Waals surface area (Å²) >= 11 is 22.8. The molecule has 0 aliphatic rings. The van der Waals surface area contributed by atoms with E-state index in [1.165, 1.54) is 24.3 Å². The highest BCUT2D eigenvalue weighted by atomic mass is 35.5. The number of carbonyl (C=O) groups is 1. The van der Waals surface area contributed by atoms with E-state index in [-0.39, 0.29) is 30.8 Å². The van der Waals surface area contributed by atoms with Crippen LogP contribution in [0, 0.1) is 0 Å². The number of benzene rings is 1. The predicted molar refractivity (Wildman–Crippen MR) is 88.5 cm³/mol. The molecule has 11 heteroatoms. The van der Waals surface area contributed by atoms with Crippen molar-refractivity contribution in [3.63, 3.8) is 0 Å². The molecule has 0 spiro atoms. The molecule has 0 radical (unpaired) electrons. The third kappa shape index (κ3) is 4.69. The lowest BCUT2D eigenvalue weighted by Gasteiger charge is -2.09. The first-order chi connectivity index (χ1) is 10.7. The van der Waals surface area contributed by atoms with Crippen molar-refractivity contribution in [1.29, 1.82) is 0 Å². The van der Waals surface area contributed by atoms with Crippen LogP contribution in [0.5, 0.6) is 0 Å². The Labute approximate surface area is 151 Å². The fraction of sp³-hybridized carbons (Fsp3) is 0. The third-order valence-electron chi connectivity index (χ3n) is 2.53. The van der Waals surface area contributed by atoms with Crippen molar-refractivity contribution in [3.05, 3.63) is 56.2 Å². The van der Waals surface area contributed by atoms with E-state index in [4.69, 9.17) is 46.4 Å². The fourth-order valence-electron chi connectivity index (χ4n) is 1.48. The number of amides is 1. The average Bonchev–Trinajstić information content (AvgIpc) is 2.46. The zero-order chi connectivity index (χ0) is 17.2. The Hall–Kier alpha value is -1.09. The molecule has 0 saturated carbocycles. The number of carbonyl (C=O) groups excluding carboxylic acids is 1. The number of hydrogen-bond donors (Lipinski definition) is 2. The Balaban J connectivity index is 2.15. The van der Waals surface area contributed by atoms with Gasteiger partial charge in [-0.05, 0) is 30.3 Å². The van der Waals surface area contributed by atoms with Crippen LogP contribution in [0.25, 0.3) is 0 Å². The molecule has 0 bridgehead atoms. The second-order valence-electron chi connectivity index (χ2n) is 4.14. The smallest absolute Gasteiger partial charge is 0.266 e. The molecule has 1 amide bonds. The molecular weight excluding hydrogens is 408 g/mol. The summed E-state index contributed by atoms with van der Waals surface area (Å²) in [6, 6.07) is 6.18. The average molecular weight is 415 g/mol. The minimum absolute atomic E-state index is 0.00464. The lowest BCUT2D eigenvalue weighted by molar-refractivity contribution is 0.0945. The van der Waals surface area contributed by atoms with Crippen LogP contribution >= 0.6 is 46.4 Å². The molecule has 0 aliphatic heterocycles. The minimum Gasteiger partial charge on any atom is -0.273 e. The van der Waals surface area contributed by atoms with Crippen LogP contribution in [0.1, 0.15) is 10.4 Å². The standard InChI is InChI=1S/C12H7Cl4N3O3S/c13-8-2-1-7(5-9(8)14)23(21,22)19-18-12(20)6-3-10(15)17-11(16)4-6/h1-5,19H,(H,18,20). The lowest BCUT2D eigenvalue weighted by Crippen LogP contribution is -2.41. The van der Waals surface area contributed by atoms with Gasteiger partial charge in [-0.25, -0.2) is 13.4 Å². The Morgan fingerprint density at radius 3 is 2.13 bits per heavy atom. The van der Waals surface area contributed by atoms with E-state index in [2.05, 4.69) is 4.98 Å². The summed E-state index contributed by atoms with van der Waals surface area (Å²) < 4.78 is 24.1. The summed E-state index contributed by atoms with van der Waals surface area (Å²) in [6.45, 7) is 0. The lowest BCUT2D eigenvalue weighted by atomic mass is 10.2. The van der Waals surface area contributed by atoms with Gasteiger partial charge in [-0.3, -0.25) is 10.2 Å². The van der Waals surface area contributed by atoms with Crippen molar-refractivity contribution in [2.45, 2.75) is 4.90 Å². The number of pyridine rings is 1. The Morgan fingerprint density at radius 1 is 0.957 bits per heavy atom. The van der Waals surface area contributed by atoms with Gasteiger partial charge in [0.2, 0.25) is 0 Å². The molecule has 2 N–H and O–H groups in total. The first kappa shape index (κ1) is 18.3. The van der Waals surface area contributed by atoms with Crippen molar-refractivity contribution in [2.24, 2.45) is 0 Å². The molecule has 2 rings (SSSR count). The van der Waals surface area contributed by atoms with E-state index >= 15 is 0 Å². The topological polar surface area (TPSA) is 88.2 Å². The van der Waals surface area contributed by atoms with E-state index in [0.29, 0.717) is 0 Å². The highest BCUT2D eigenvalue weighted by molar-refractivity contribution is 7.89.